The maximum Gasteiger partial charge on any atom is 0.330 e. The monoisotopic (exact) mass is 463 g/mol. The second kappa shape index (κ2) is 8.25. The van der Waals surface area contributed by atoms with E-state index in [0.717, 1.165) is 27.1 Å². The molecule has 5 aromatic rings. The van der Waals surface area contributed by atoms with E-state index in [0.29, 0.717) is 29.4 Å². The minimum Gasteiger partial charge on any atom is -0.361 e. The van der Waals surface area contributed by atoms with Crippen LogP contribution in [0.2, 0.25) is 0 Å². The van der Waals surface area contributed by atoms with Crippen LogP contribution in [-0.4, -0.2) is 31.6 Å². The van der Waals surface area contributed by atoms with Gasteiger partial charge < -0.3 is 9.82 Å². The van der Waals surface area contributed by atoms with E-state index in [1.165, 1.54) is 6.92 Å². The molecule has 0 bridgehead atoms. The van der Waals surface area contributed by atoms with E-state index in [4.69, 9.17) is 4.84 Å². The third-order valence-corrected chi connectivity index (χ3v) is 6.19. The number of rotatable bonds is 4. The predicted molar refractivity (Wildman–Crippen MR) is 131 cm³/mol. The normalized spacial score (nSPS) is 14.9. The van der Waals surface area contributed by atoms with E-state index in [-0.39, 0.29) is 5.91 Å². The van der Waals surface area contributed by atoms with Gasteiger partial charge in [0.15, 0.2) is 11.6 Å². The fourth-order valence-electron chi connectivity index (χ4n) is 4.65. The molecule has 6 rings (SSSR count). The van der Waals surface area contributed by atoms with Crippen molar-refractivity contribution in [3.63, 3.8) is 0 Å². The Labute approximate surface area is 200 Å². The van der Waals surface area contributed by atoms with Gasteiger partial charge in [0.1, 0.15) is 11.6 Å². The molecule has 1 amide bonds. The number of para-hydroxylation sites is 3. The van der Waals surface area contributed by atoms with E-state index in [1.807, 2.05) is 77.5 Å². The molecule has 8 heteroatoms. The highest BCUT2D eigenvalue weighted by atomic mass is 16.7. The number of fused-ring (bicyclic) bond motifs is 4. The average Bonchev–Trinajstić information content (AvgIpc) is 3.48. The lowest BCUT2D eigenvalue weighted by atomic mass is 9.97. The number of nitrogens with one attached hydrogen (secondary N) is 1. The molecular weight excluding hydrogens is 442 g/mol. The lowest BCUT2D eigenvalue weighted by molar-refractivity contribution is -0.148. The zero-order valence-electron chi connectivity index (χ0n) is 18.9. The molecule has 1 aliphatic rings. The maximum atomic E-state index is 14.0. The summed E-state index contributed by atoms with van der Waals surface area (Å²) < 4.78 is 1.89. The SMILES string of the molecule is CC(=O)ON1C(=O)C(Cc2c[nH]c3ccccc23)c2nnc(-c3ccccc3)n2-c2ccccc21. The fourth-order valence-corrected chi connectivity index (χ4v) is 4.65. The molecule has 0 aliphatic carbocycles. The van der Waals surface area contributed by atoms with Crippen molar-refractivity contribution in [2.45, 2.75) is 19.3 Å². The predicted octanol–water partition coefficient (Wildman–Crippen LogP) is 4.57. The molecule has 172 valence electrons. The summed E-state index contributed by atoms with van der Waals surface area (Å²) in [5.74, 6) is -0.620. The molecule has 1 aliphatic heterocycles. The Morgan fingerprint density at radius 3 is 2.46 bits per heavy atom. The van der Waals surface area contributed by atoms with Crippen molar-refractivity contribution in [3.05, 3.63) is 96.4 Å². The Morgan fingerprint density at radius 1 is 0.943 bits per heavy atom. The molecule has 2 aromatic heterocycles. The quantitative estimate of drug-likeness (QED) is 0.422. The number of benzene rings is 3. The first-order valence-corrected chi connectivity index (χ1v) is 11.3. The van der Waals surface area contributed by atoms with Gasteiger partial charge in [-0.3, -0.25) is 9.36 Å². The van der Waals surface area contributed by atoms with Crippen LogP contribution in [0.1, 0.15) is 24.2 Å². The maximum absolute atomic E-state index is 14.0. The molecule has 1 atom stereocenters. The van der Waals surface area contributed by atoms with Gasteiger partial charge in [-0.25, -0.2) is 4.79 Å². The van der Waals surface area contributed by atoms with Crippen LogP contribution in [0.4, 0.5) is 5.69 Å². The largest absolute Gasteiger partial charge is 0.361 e. The average molecular weight is 463 g/mol. The zero-order chi connectivity index (χ0) is 23.9. The third kappa shape index (κ3) is 3.47. The highest BCUT2D eigenvalue weighted by molar-refractivity contribution is 6.01. The first-order valence-electron chi connectivity index (χ1n) is 11.3. The smallest absolute Gasteiger partial charge is 0.330 e. The van der Waals surface area contributed by atoms with Gasteiger partial charge in [0, 0.05) is 29.6 Å². The van der Waals surface area contributed by atoms with Crippen molar-refractivity contribution in [3.8, 4) is 17.1 Å². The van der Waals surface area contributed by atoms with Crippen LogP contribution in [0.25, 0.3) is 28.0 Å². The molecule has 0 spiro atoms. The summed E-state index contributed by atoms with van der Waals surface area (Å²) in [6.45, 7) is 1.28. The van der Waals surface area contributed by atoms with Gasteiger partial charge in [0.2, 0.25) is 0 Å². The molecule has 1 N–H and O–H groups in total. The number of aromatic amines is 1. The van der Waals surface area contributed by atoms with Gasteiger partial charge in [-0.15, -0.1) is 15.3 Å². The number of hydrogen-bond acceptors (Lipinski definition) is 5. The Morgan fingerprint density at radius 2 is 1.66 bits per heavy atom. The number of amides is 1. The van der Waals surface area contributed by atoms with Crippen molar-refractivity contribution in [1.82, 2.24) is 19.7 Å². The van der Waals surface area contributed by atoms with Crippen LogP contribution in [0.3, 0.4) is 0 Å². The summed E-state index contributed by atoms with van der Waals surface area (Å²) in [6.07, 6.45) is 2.26. The van der Waals surface area contributed by atoms with Crippen LogP contribution in [0, 0.1) is 0 Å². The van der Waals surface area contributed by atoms with Gasteiger partial charge in [-0.2, -0.15) is 0 Å². The first-order chi connectivity index (χ1) is 17.1. The summed E-state index contributed by atoms with van der Waals surface area (Å²) in [5, 5.41) is 11.1. The first kappa shape index (κ1) is 20.9. The molecule has 0 saturated heterocycles. The summed E-state index contributed by atoms with van der Waals surface area (Å²) in [6, 6.07) is 24.9. The number of hydroxylamine groups is 1. The number of carbonyl (C=O) groups is 2. The van der Waals surface area contributed by atoms with Crippen molar-refractivity contribution in [2.75, 3.05) is 5.06 Å². The van der Waals surface area contributed by atoms with Gasteiger partial charge in [-0.1, -0.05) is 60.7 Å². The molecule has 0 saturated carbocycles. The van der Waals surface area contributed by atoms with Crippen molar-refractivity contribution in [2.24, 2.45) is 0 Å². The summed E-state index contributed by atoms with van der Waals surface area (Å²) in [4.78, 5) is 34.7. The van der Waals surface area contributed by atoms with Crippen molar-refractivity contribution < 1.29 is 14.4 Å². The lowest BCUT2D eigenvalue weighted by Crippen LogP contribution is -2.37. The van der Waals surface area contributed by atoms with Crippen LogP contribution in [0.5, 0.6) is 0 Å². The van der Waals surface area contributed by atoms with Crippen LogP contribution < -0.4 is 5.06 Å². The minimum atomic E-state index is -0.745. The van der Waals surface area contributed by atoms with Crippen LogP contribution in [0.15, 0.2) is 85.1 Å². The number of aromatic nitrogens is 4. The van der Waals surface area contributed by atoms with Gasteiger partial charge >= 0.3 is 5.97 Å². The molecule has 8 nitrogen and oxygen atoms in total. The van der Waals surface area contributed by atoms with Crippen LogP contribution >= 0.6 is 0 Å². The van der Waals surface area contributed by atoms with Crippen LogP contribution in [-0.2, 0) is 20.8 Å². The molecule has 3 aromatic carbocycles. The second-order valence-corrected chi connectivity index (χ2v) is 8.40. The summed E-state index contributed by atoms with van der Waals surface area (Å²) in [5.41, 5.74) is 3.91. The molecule has 3 heterocycles. The second-order valence-electron chi connectivity index (χ2n) is 8.40. The van der Waals surface area contributed by atoms with Crippen molar-refractivity contribution in [1.29, 1.82) is 0 Å². The van der Waals surface area contributed by atoms with Crippen molar-refractivity contribution >= 4 is 28.5 Å². The molecule has 35 heavy (non-hydrogen) atoms. The zero-order valence-corrected chi connectivity index (χ0v) is 18.9. The lowest BCUT2D eigenvalue weighted by Gasteiger charge is -2.22. The Bertz CT molecular complexity index is 1570. The molecule has 1 unspecified atom stereocenters. The van der Waals surface area contributed by atoms with E-state index >= 15 is 0 Å². The van der Waals surface area contributed by atoms with E-state index < -0.39 is 11.9 Å². The van der Waals surface area contributed by atoms with Gasteiger partial charge in [0.05, 0.1) is 5.69 Å². The van der Waals surface area contributed by atoms with E-state index in [2.05, 4.69) is 15.2 Å². The molecule has 0 radical (unpaired) electrons. The Kier molecular flexibility index (Phi) is 4.92. The Balaban J connectivity index is 1.58. The topological polar surface area (TPSA) is 93.1 Å². The third-order valence-electron chi connectivity index (χ3n) is 6.19. The summed E-state index contributed by atoms with van der Waals surface area (Å²) >= 11 is 0. The highest BCUT2D eigenvalue weighted by Crippen LogP contribution is 2.39. The summed E-state index contributed by atoms with van der Waals surface area (Å²) in [7, 11) is 0. The standard InChI is InChI=1S/C27H21N5O3/c1-17(33)35-32-24-14-8-7-13-23(24)31-25(18-9-3-2-4-10-18)29-30-26(31)21(27(32)34)15-19-16-28-22-12-6-5-11-20(19)22/h2-14,16,21,28H,15H2,1H3. The number of H-pyrrole nitrogens is 1. The minimum absolute atomic E-state index is 0.349. The molecule has 0 fully saturated rings. The van der Waals surface area contributed by atoms with Gasteiger partial charge in [0.25, 0.3) is 5.91 Å². The number of carbonyl (C=O) groups excluding carboxylic acids is 2. The Hall–Kier alpha value is -4.72. The van der Waals surface area contributed by atoms with E-state index in [9.17, 15) is 9.59 Å². The molecular formula is C27H21N5O3. The fraction of sp³-hybridized carbons (Fsp3) is 0.111. The number of anilines is 1. The number of nitrogens with zero attached hydrogens (tertiary/aromatic N) is 4. The highest BCUT2D eigenvalue weighted by Gasteiger charge is 2.39. The van der Waals surface area contributed by atoms with E-state index in [1.54, 1.807) is 12.1 Å². The van der Waals surface area contributed by atoms with Gasteiger partial charge in [-0.05, 0) is 30.2 Å². The number of hydrogen-bond donors (Lipinski definition) is 1.